The van der Waals surface area contributed by atoms with Crippen LogP contribution in [-0.2, 0) is 11.2 Å². The first-order valence-electron chi connectivity index (χ1n) is 9.03. The average molecular weight is 329 g/mol. The van der Waals surface area contributed by atoms with Gasteiger partial charge in [-0.1, -0.05) is 32.1 Å². The Balaban J connectivity index is 1.43. The summed E-state index contributed by atoms with van der Waals surface area (Å²) in [5, 5.41) is 3.02. The molecule has 5 nitrogen and oxygen atoms in total. The number of amides is 1. The molecule has 0 radical (unpaired) electrons. The highest BCUT2D eigenvalue weighted by Crippen LogP contribution is 2.27. The summed E-state index contributed by atoms with van der Waals surface area (Å²) in [5.41, 5.74) is 1.78. The largest absolute Gasteiger partial charge is 0.493 e. The zero-order valence-corrected chi connectivity index (χ0v) is 14.5. The third-order valence-electron chi connectivity index (χ3n) is 4.92. The van der Waals surface area contributed by atoms with Crippen molar-refractivity contribution in [2.45, 2.75) is 51.4 Å². The molecule has 0 bridgehead atoms. The summed E-state index contributed by atoms with van der Waals surface area (Å²) in [7, 11) is 1.65. The molecule has 2 aromatic heterocycles. The summed E-state index contributed by atoms with van der Waals surface area (Å²) in [6.45, 7) is 0.635. The highest BCUT2D eigenvalue weighted by Gasteiger charge is 2.14. The van der Waals surface area contributed by atoms with E-state index in [-0.39, 0.29) is 5.91 Å². The van der Waals surface area contributed by atoms with Crippen LogP contribution < -0.4 is 10.1 Å². The molecule has 1 saturated carbocycles. The Hall–Kier alpha value is -2.04. The molecule has 0 aliphatic heterocycles. The molecule has 0 spiro atoms. The molecule has 0 atom stereocenters. The van der Waals surface area contributed by atoms with Gasteiger partial charge < -0.3 is 14.5 Å². The van der Waals surface area contributed by atoms with Crippen molar-refractivity contribution in [3.8, 4) is 5.75 Å². The van der Waals surface area contributed by atoms with Gasteiger partial charge in [0.15, 0.2) is 11.4 Å². The fourth-order valence-corrected chi connectivity index (χ4v) is 3.55. The van der Waals surface area contributed by atoms with E-state index in [0.29, 0.717) is 13.0 Å². The van der Waals surface area contributed by atoms with Crippen molar-refractivity contribution in [3.63, 3.8) is 0 Å². The van der Waals surface area contributed by atoms with Crippen LogP contribution in [-0.4, -0.2) is 28.9 Å². The maximum absolute atomic E-state index is 12.0. The number of hydrogen-bond donors (Lipinski definition) is 1. The molecule has 130 valence electrons. The van der Waals surface area contributed by atoms with Crippen molar-refractivity contribution in [2.24, 2.45) is 5.92 Å². The lowest BCUT2D eigenvalue weighted by atomic mass is 9.86. The number of carbonyl (C=O) groups is 1. The van der Waals surface area contributed by atoms with Gasteiger partial charge in [-0.3, -0.25) is 4.79 Å². The second-order valence-corrected chi connectivity index (χ2v) is 6.68. The number of ether oxygens (including phenoxy) is 1. The van der Waals surface area contributed by atoms with Crippen LogP contribution in [0.2, 0.25) is 0 Å². The number of rotatable bonds is 7. The van der Waals surface area contributed by atoms with Gasteiger partial charge in [-0.2, -0.15) is 0 Å². The number of nitrogens with zero attached hydrogens (tertiary/aromatic N) is 2. The Labute approximate surface area is 143 Å². The van der Waals surface area contributed by atoms with E-state index in [0.717, 1.165) is 35.9 Å². The molecule has 24 heavy (non-hydrogen) atoms. The van der Waals surface area contributed by atoms with Crippen molar-refractivity contribution in [3.05, 3.63) is 30.2 Å². The van der Waals surface area contributed by atoms with Crippen molar-refractivity contribution in [2.75, 3.05) is 13.7 Å². The van der Waals surface area contributed by atoms with Crippen LogP contribution in [0.3, 0.4) is 0 Å². The Kier molecular flexibility index (Phi) is 5.72. The molecular formula is C19H27N3O2. The Morgan fingerprint density at radius 3 is 3.00 bits per heavy atom. The topological polar surface area (TPSA) is 55.6 Å². The molecule has 1 N–H and O–H groups in total. The van der Waals surface area contributed by atoms with E-state index < -0.39 is 0 Å². The van der Waals surface area contributed by atoms with Crippen LogP contribution in [0.25, 0.3) is 5.65 Å². The normalized spacial score (nSPS) is 15.5. The summed E-state index contributed by atoms with van der Waals surface area (Å²) in [5.74, 6) is 1.69. The monoisotopic (exact) mass is 329 g/mol. The fraction of sp³-hybridized carbons (Fsp3) is 0.579. The molecule has 3 rings (SSSR count). The van der Waals surface area contributed by atoms with Gasteiger partial charge >= 0.3 is 0 Å². The summed E-state index contributed by atoms with van der Waals surface area (Å²) >= 11 is 0. The van der Waals surface area contributed by atoms with Crippen LogP contribution in [0, 0.1) is 5.92 Å². The minimum absolute atomic E-state index is 0.168. The predicted octanol–water partition coefficient (Wildman–Crippen LogP) is 3.36. The first-order chi connectivity index (χ1) is 11.8. The average Bonchev–Trinajstić information content (AvgIpc) is 3.03. The third kappa shape index (κ3) is 4.28. The van der Waals surface area contributed by atoms with Gasteiger partial charge in [-0.05, 0) is 24.5 Å². The van der Waals surface area contributed by atoms with E-state index in [9.17, 15) is 4.79 Å². The molecule has 1 aliphatic rings. The van der Waals surface area contributed by atoms with E-state index >= 15 is 0 Å². The number of methoxy groups -OCH3 is 1. The summed E-state index contributed by atoms with van der Waals surface area (Å²) in [6.07, 6.45) is 13.0. The van der Waals surface area contributed by atoms with E-state index in [1.807, 2.05) is 28.9 Å². The zero-order valence-electron chi connectivity index (χ0n) is 14.5. The molecule has 2 heterocycles. The first-order valence-corrected chi connectivity index (χ1v) is 9.03. The minimum Gasteiger partial charge on any atom is -0.493 e. The fourth-order valence-electron chi connectivity index (χ4n) is 3.55. The van der Waals surface area contributed by atoms with Gasteiger partial charge in [0, 0.05) is 31.8 Å². The number of fused-ring (bicyclic) bond motifs is 1. The molecule has 0 unspecified atom stereocenters. The number of imidazole rings is 1. The number of pyridine rings is 1. The highest BCUT2D eigenvalue weighted by atomic mass is 16.5. The van der Waals surface area contributed by atoms with Gasteiger partial charge in [-0.25, -0.2) is 4.98 Å². The second-order valence-electron chi connectivity index (χ2n) is 6.68. The first kappa shape index (κ1) is 16.8. The van der Waals surface area contributed by atoms with Crippen molar-refractivity contribution in [1.82, 2.24) is 14.7 Å². The summed E-state index contributed by atoms with van der Waals surface area (Å²) in [6, 6.07) is 3.84. The number of aromatic nitrogens is 2. The van der Waals surface area contributed by atoms with Crippen molar-refractivity contribution < 1.29 is 9.53 Å². The quantitative estimate of drug-likeness (QED) is 0.847. The lowest BCUT2D eigenvalue weighted by Gasteiger charge is -2.20. The summed E-state index contributed by atoms with van der Waals surface area (Å²) in [4.78, 5) is 16.6. The van der Waals surface area contributed by atoms with Crippen LogP contribution >= 0.6 is 0 Å². The number of carbonyl (C=O) groups excluding carboxylic acids is 1. The maximum atomic E-state index is 12.0. The van der Waals surface area contributed by atoms with Crippen LogP contribution in [0.5, 0.6) is 5.75 Å². The van der Waals surface area contributed by atoms with Crippen LogP contribution in [0.1, 0.15) is 50.6 Å². The van der Waals surface area contributed by atoms with Crippen LogP contribution in [0.4, 0.5) is 0 Å². The molecule has 0 aromatic carbocycles. The third-order valence-corrected chi connectivity index (χ3v) is 4.92. The van der Waals surface area contributed by atoms with Crippen molar-refractivity contribution >= 4 is 11.6 Å². The van der Waals surface area contributed by atoms with Gasteiger partial charge in [0.1, 0.15) is 0 Å². The SMILES string of the molecule is COc1cccn2cc(CCNC(=O)CCC3CCCCC3)nc12. The van der Waals surface area contributed by atoms with E-state index in [2.05, 4.69) is 10.3 Å². The Morgan fingerprint density at radius 1 is 1.38 bits per heavy atom. The Morgan fingerprint density at radius 2 is 2.21 bits per heavy atom. The lowest BCUT2D eigenvalue weighted by Crippen LogP contribution is -2.26. The van der Waals surface area contributed by atoms with E-state index in [1.54, 1.807) is 7.11 Å². The molecule has 1 amide bonds. The predicted molar refractivity (Wildman–Crippen MR) is 94.3 cm³/mol. The van der Waals surface area contributed by atoms with Gasteiger partial charge in [0.25, 0.3) is 0 Å². The van der Waals surface area contributed by atoms with E-state index in [4.69, 9.17) is 4.74 Å². The van der Waals surface area contributed by atoms with E-state index in [1.165, 1.54) is 32.1 Å². The smallest absolute Gasteiger partial charge is 0.220 e. The molecule has 1 aliphatic carbocycles. The molecule has 5 heteroatoms. The second kappa shape index (κ2) is 8.18. The molecular weight excluding hydrogens is 302 g/mol. The molecule has 2 aromatic rings. The minimum atomic E-state index is 0.168. The highest BCUT2D eigenvalue weighted by molar-refractivity contribution is 5.75. The Bertz CT molecular complexity index is 674. The van der Waals surface area contributed by atoms with Crippen LogP contribution in [0.15, 0.2) is 24.5 Å². The van der Waals surface area contributed by atoms with Gasteiger partial charge in [-0.15, -0.1) is 0 Å². The number of nitrogens with one attached hydrogen (secondary N) is 1. The molecule has 1 fully saturated rings. The standard InChI is InChI=1S/C19H27N3O2/c1-24-17-8-5-13-22-14-16(21-19(17)22)11-12-20-18(23)10-9-15-6-3-2-4-7-15/h5,8,13-15H,2-4,6-7,9-12H2,1H3,(H,20,23). The van der Waals surface area contributed by atoms with Gasteiger partial charge in [0.2, 0.25) is 5.91 Å². The zero-order chi connectivity index (χ0) is 16.8. The number of hydrogen-bond acceptors (Lipinski definition) is 3. The molecule has 0 saturated heterocycles. The maximum Gasteiger partial charge on any atom is 0.220 e. The van der Waals surface area contributed by atoms with Crippen molar-refractivity contribution in [1.29, 1.82) is 0 Å². The van der Waals surface area contributed by atoms with Gasteiger partial charge in [0.05, 0.1) is 12.8 Å². The lowest BCUT2D eigenvalue weighted by molar-refractivity contribution is -0.121. The summed E-state index contributed by atoms with van der Waals surface area (Å²) < 4.78 is 7.28.